The number of nitrogens with one attached hydrogen (secondary N) is 1. The summed E-state index contributed by atoms with van der Waals surface area (Å²) in [6.07, 6.45) is 11.1. The van der Waals surface area contributed by atoms with Gasteiger partial charge in [-0.05, 0) is 120 Å². The Morgan fingerprint density at radius 1 is 0.537 bits per heavy atom. The number of fused-ring (bicyclic) bond motifs is 1. The van der Waals surface area contributed by atoms with Gasteiger partial charge in [-0.15, -0.1) is 0 Å². The molecule has 3 aliphatic rings. The Morgan fingerprint density at radius 2 is 0.927 bits per heavy atom. The third-order valence-electron chi connectivity index (χ3n) is 12.0. The molecule has 1 heterocycles. The number of aromatic nitrogens is 1. The van der Waals surface area contributed by atoms with Gasteiger partial charge in [-0.2, -0.15) is 0 Å². The van der Waals surface area contributed by atoms with Crippen molar-refractivity contribution < 1.29 is 0 Å². The second kappa shape index (κ2) is 12.1. The topological polar surface area (TPSA) is 15.8 Å². The van der Waals surface area contributed by atoms with Crippen LogP contribution in [0, 0.1) is 59.2 Å². The van der Waals surface area contributed by atoms with E-state index < -0.39 is 0 Å². The Labute approximate surface area is 250 Å². The lowest BCUT2D eigenvalue weighted by Gasteiger charge is -2.51. The zero-order chi connectivity index (χ0) is 28.7. The first-order chi connectivity index (χ1) is 19.8. The molecule has 2 aromatic carbocycles. The summed E-state index contributed by atoms with van der Waals surface area (Å²) in [7, 11) is 0. The number of rotatable bonds is 6. The van der Waals surface area contributed by atoms with Gasteiger partial charge < -0.3 is 4.98 Å². The van der Waals surface area contributed by atoms with Crippen molar-refractivity contribution >= 4 is 0 Å². The van der Waals surface area contributed by atoms with Gasteiger partial charge >= 0.3 is 0 Å². The van der Waals surface area contributed by atoms with Gasteiger partial charge in [0.1, 0.15) is 0 Å². The summed E-state index contributed by atoms with van der Waals surface area (Å²) < 4.78 is 0. The molecule has 41 heavy (non-hydrogen) atoms. The largest absolute Gasteiger partial charge is 0.354 e. The first kappa shape index (κ1) is 28.8. The maximum absolute atomic E-state index is 4.06. The van der Waals surface area contributed by atoms with Gasteiger partial charge in [-0.3, -0.25) is 0 Å². The first-order valence-electron chi connectivity index (χ1n) is 17.2. The van der Waals surface area contributed by atoms with Crippen LogP contribution in [0.25, 0.3) is 22.5 Å². The van der Waals surface area contributed by atoms with Gasteiger partial charge in [0, 0.05) is 11.4 Å². The monoisotopic (exact) mass is 549 g/mol. The fourth-order valence-electron chi connectivity index (χ4n) is 9.98. The van der Waals surface area contributed by atoms with E-state index in [2.05, 4.69) is 107 Å². The average Bonchev–Trinajstić information content (AvgIpc) is 3.35. The predicted molar refractivity (Wildman–Crippen MR) is 176 cm³/mol. The summed E-state index contributed by atoms with van der Waals surface area (Å²) in [5.41, 5.74) is 8.78. The maximum atomic E-state index is 4.06. The highest BCUT2D eigenvalue weighted by Gasteiger charge is 2.48. The van der Waals surface area contributed by atoms with E-state index >= 15 is 0 Å². The number of aromatic amines is 1. The van der Waals surface area contributed by atoms with E-state index in [1.54, 1.807) is 11.1 Å². The zero-order valence-corrected chi connectivity index (χ0v) is 26.7. The number of benzene rings is 2. The van der Waals surface area contributed by atoms with E-state index in [4.69, 9.17) is 0 Å². The minimum Gasteiger partial charge on any atom is -0.354 e. The lowest BCUT2D eigenvalue weighted by Crippen LogP contribution is -2.45. The van der Waals surface area contributed by atoms with E-state index in [9.17, 15) is 0 Å². The van der Waals surface area contributed by atoms with Crippen LogP contribution in [0.4, 0.5) is 0 Å². The molecule has 0 saturated heterocycles. The van der Waals surface area contributed by atoms with Crippen molar-refractivity contribution in [3.63, 3.8) is 0 Å². The Kier molecular flexibility index (Phi) is 8.54. The van der Waals surface area contributed by atoms with Crippen LogP contribution >= 0.6 is 0 Å². The quantitative estimate of drug-likeness (QED) is 0.315. The second-order valence-electron chi connectivity index (χ2n) is 15.3. The van der Waals surface area contributed by atoms with Crippen LogP contribution in [0.15, 0.2) is 60.7 Å². The standard InChI is InChI=1S/C40H55N/c1-25(2)31-19-17-27(5)21-33(31)35-23-37-38(24-36(35)34-22-28(6)18-20-32(34)26(3)4)40(30-15-11-8-12-16-30)41-39(37)29-13-9-7-10-14-29/h7-16,25-28,31-36,41H,17-24H2,1-6H3. The van der Waals surface area contributed by atoms with Crippen molar-refractivity contribution in [2.45, 2.75) is 92.9 Å². The van der Waals surface area contributed by atoms with Crippen LogP contribution in [-0.4, -0.2) is 4.98 Å². The van der Waals surface area contributed by atoms with Gasteiger partial charge in [-0.1, -0.05) is 115 Å². The molecule has 0 aliphatic heterocycles. The molecule has 1 N–H and O–H groups in total. The number of H-pyrrole nitrogens is 1. The molecule has 1 nitrogen and oxygen atoms in total. The normalized spacial score (nSPS) is 32.3. The molecule has 2 saturated carbocycles. The van der Waals surface area contributed by atoms with Crippen LogP contribution in [0.2, 0.25) is 0 Å². The summed E-state index contributed by atoms with van der Waals surface area (Å²) in [5, 5.41) is 0. The highest BCUT2D eigenvalue weighted by Crippen LogP contribution is 2.55. The molecule has 8 atom stereocenters. The third kappa shape index (κ3) is 5.72. The van der Waals surface area contributed by atoms with Gasteiger partial charge in [0.05, 0.1) is 0 Å². The molecule has 6 rings (SSSR count). The Bertz CT molecular complexity index is 1170. The maximum Gasteiger partial charge on any atom is 0.0494 e. The van der Waals surface area contributed by atoms with Crippen molar-refractivity contribution in [1.82, 2.24) is 4.98 Å². The molecule has 1 aromatic heterocycles. The highest BCUT2D eigenvalue weighted by atomic mass is 14.8. The first-order valence-corrected chi connectivity index (χ1v) is 17.2. The molecule has 3 aliphatic carbocycles. The van der Waals surface area contributed by atoms with Gasteiger partial charge in [0.25, 0.3) is 0 Å². The number of hydrogen-bond donors (Lipinski definition) is 1. The van der Waals surface area contributed by atoms with E-state index in [1.165, 1.54) is 73.9 Å². The average molecular weight is 550 g/mol. The molecule has 1 heteroatoms. The van der Waals surface area contributed by atoms with Crippen LogP contribution < -0.4 is 0 Å². The SMILES string of the molecule is CC1CCC(C(C)C)C(C2Cc3c(-c4ccccc4)[nH]c(-c4ccccc4)c3CC2C2CC(C)CCC2C(C)C)C1. The Hall–Kier alpha value is -2.28. The molecular weight excluding hydrogens is 494 g/mol. The fraction of sp³-hybridized carbons (Fsp3) is 0.600. The molecule has 8 unspecified atom stereocenters. The summed E-state index contributed by atoms with van der Waals surface area (Å²) in [4.78, 5) is 4.06. The minimum absolute atomic E-state index is 0.778. The lowest BCUT2D eigenvalue weighted by molar-refractivity contribution is -0.00218. The van der Waals surface area contributed by atoms with Crippen LogP contribution in [0.3, 0.4) is 0 Å². The van der Waals surface area contributed by atoms with Crippen LogP contribution in [-0.2, 0) is 12.8 Å². The minimum atomic E-state index is 0.778. The molecule has 3 aromatic rings. The van der Waals surface area contributed by atoms with E-state index in [1.807, 2.05) is 0 Å². The van der Waals surface area contributed by atoms with E-state index in [-0.39, 0.29) is 0 Å². The molecule has 0 spiro atoms. The summed E-state index contributed by atoms with van der Waals surface area (Å²) >= 11 is 0. The zero-order valence-electron chi connectivity index (χ0n) is 26.7. The van der Waals surface area contributed by atoms with Crippen molar-refractivity contribution in [3.05, 3.63) is 71.8 Å². The third-order valence-corrected chi connectivity index (χ3v) is 12.0. The van der Waals surface area contributed by atoms with Crippen molar-refractivity contribution in [2.24, 2.45) is 59.2 Å². The molecule has 0 bridgehead atoms. The molecule has 220 valence electrons. The van der Waals surface area contributed by atoms with Gasteiger partial charge in [0.15, 0.2) is 0 Å². The lowest BCUT2D eigenvalue weighted by atomic mass is 9.53. The summed E-state index contributed by atoms with van der Waals surface area (Å²) in [5.74, 6) is 8.29. The van der Waals surface area contributed by atoms with E-state index in [0.29, 0.717) is 0 Å². The van der Waals surface area contributed by atoms with Crippen molar-refractivity contribution in [3.8, 4) is 22.5 Å². The smallest absolute Gasteiger partial charge is 0.0494 e. The Morgan fingerprint density at radius 3 is 1.29 bits per heavy atom. The van der Waals surface area contributed by atoms with Gasteiger partial charge in [-0.25, -0.2) is 0 Å². The van der Waals surface area contributed by atoms with Crippen LogP contribution in [0.1, 0.15) is 91.2 Å². The molecule has 2 fully saturated rings. The summed E-state index contributed by atoms with van der Waals surface area (Å²) in [6.45, 7) is 15.2. The Balaban J connectivity index is 1.51. The number of hydrogen-bond acceptors (Lipinski definition) is 0. The molecular formula is C40H55N. The fourth-order valence-corrected chi connectivity index (χ4v) is 9.98. The van der Waals surface area contributed by atoms with E-state index in [0.717, 1.165) is 59.2 Å². The molecule has 0 amide bonds. The summed E-state index contributed by atoms with van der Waals surface area (Å²) in [6, 6.07) is 22.4. The molecule has 0 radical (unpaired) electrons. The second-order valence-corrected chi connectivity index (χ2v) is 15.3. The van der Waals surface area contributed by atoms with Gasteiger partial charge in [0.2, 0.25) is 0 Å². The van der Waals surface area contributed by atoms with Crippen molar-refractivity contribution in [1.29, 1.82) is 0 Å². The van der Waals surface area contributed by atoms with Crippen molar-refractivity contribution in [2.75, 3.05) is 0 Å². The van der Waals surface area contributed by atoms with Crippen LogP contribution in [0.5, 0.6) is 0 Å². The highest BCUT2D eigenvalue weighted by molar-refractivity contribution is 5.76. The predicted octanol–water partition coefficient (Wildman–Crippen LogP) is 11.1.